The van der Waals surface area contributed by atoms with Crippen molar-refractivity contribution < 1.29 is 14.3 Å². The minimum Gasteiger partial charge on any atom is -0.493 e. The molecular weight excluding hydrogens is 578 g/mol. The number of aliphatic imine (C=N–C) groups is 1. The van der Waals surface area contributed by atoms with Crippen molar-refractivity contribution in [2.24, 2.45) is 4.99 Å². The zero-order valence-electron chi connectivity index (χ0n) is 26.1. The molecule has 3 aliphatic rings. The highest BCUT2D eigenvalue weighted by Crippen LogP contribution is 2.34. The van der Waals surface area contributed by atoms with Gasteiger partial charge in [0.05, 0.1) is 41.0 Å². The molecule has 0 bridgehead atoms. The highest BCUT2D eigenvalue weighted by atomic mass is 16.5. The van der Waals surface area contributed by atoms with Crippen LogP contribution < -0.4 is 4.74 Å². The van der Waals surface area contributed by atoms with E-state index >= 15 is 0 Å². The molecular formula is C36H37N7O3. The molecule has 2 aromatic carbocycles. The fourth-order valence-corrected chi connectivity index (χ4v) is 6.67. The summed E-state index contributed by atoms with van der Waals surface area (Å²) in [6, 6.07) is 19.1. The second-order valence-corrected chi connectivity index (χ2v) is 12.2. The number of carbonyl (C=O) groups excluding carboxylic acids is 2. The van der Waals surface area contributed by atoms with Crippen LogP contribution in [0.15, 0.2) is 65.8 Å². The van der Waals surface area contributed by atoms with Crippen LogP contribution in [0.2, 0.25) is 0 Å². The van der Waals surface area contributed by atoms with Gasteiger partial charge in [0, 0.05) is 56.8 Å². The van der Waals surface area contributed by atoms with E-state index in [0.717, 1.165) is 74.3 Å². The molecule has 2 amide bonds. The van der Waals surface area contributed by atoms with Crippen molar-refractivity contribution in [2.75, 3.05) is 45.9 Å². The molecule has 5 heterocycles. The zero-order chi connectivity index (χ0) is 31.6. The van der Waals surface area contributed by atoms with E-state index in [4.69, 9.17) is 15.0 Å². The van der Waals surface area contributed by atoms with Gasteiger partial charge in [-0.2, -0.15) is 5.26 Å². The minimum atomic E-state index is -0.0563. The molecule has 46 heavy (non-hydrogen) atoms. The van der Waals surface area contributed by atoms with Crippen molar-refractivity contribution in [2.45, 2.75) is 38.6 Å². The minimum absolute atomic E-state index is 0.0563. The van der Waals surface area contributed by atoms with Crippen molar-refractivity contribution in [3.63, 3.8) is 0 Å². The topological polar surface area (TPSA) is 107 Å². The Morgan fingerprint density at radius 1 is 1.04 bits per heavy atom. The van der Waals surface area contributed by atoms with E-state index < -0.39 is 0 Å². The number of nitriles is 1. The number of hydrogen-bond donors (Lipinski definition) is 0. The van der Waals surface area contributed by atoms with Crippen LogP contribution in [-0.2, 0) is 0 Å². The van der Waals surface area contributed by atoms with Crippen LogP contribution in [0.3, 0.4) is 0 Å². The highest BCUT2D eigenvalue weighted by Gasteiger charge is 2.32. The molecule has 3 aliphatic heterocycles. The number of hydrogen-bond acceptors (Lipinski definition) is 7. The second-order valence-electron chi connectivity index (χ2n) is 12.2. The van der Waals surface area contributed by atoms with E-state index in [1.54, 1.807) is 12.1 Å². The number of rotatable bonds is 8. The van der Waals surface area contributed by atoms with E-state index in [1.807, 2.05) is 76.0 Å². The smallest absolute Gasteiger partial charge is 0.274 e. The normalized spacial score (nSPS) is 17.9. The van der Waals surface area contributed by atoms with Gasteiger partial charge in [-0.05, 0) is 87.2 Å². The summed E-state index contributed by atoms with van der Waals surface area (Å²) >= 11 is 0. The molecule has 0 radical (unpaired) electrons. The first-order chi connectivity index (χ1) is 22.5. The van der Waals surface area contributed by atoms with E-state index in [-0.39, 0.29) is 17.9 Å². The summed E-state index contributed by atoms with van der Waals surface area (Å²) in [5, 5.41) is 9.16. The zero-order valence-corrected chi connectivity index (χ0v) is 26.1. The van der Waals surface area contributed by atoms with Crippen molar-refractivity contribution >= 4 is 29.2 Å². The standard InChI is InChI=1S/C36H37N7O3/c1-25-21-29-30(38-24-28-7-6-15-42(28)35(29)44)22-32(25)46-20-5-4-13-40-16-18-41(19-17-40)36(45)33-31-8-2-3-14-43(31)34(39-33)27-11-9-26(23-37)10-12-27/h2-3,8-12,14,21-22,24,28H,4-7,13,15-20H2,1H3/t28-/m0/s1. The number of aromatic nitrogens is 2. The lowest BCUT2D eigenvalue weighted by atomic mass is 10.1. The third-order valence-electron chi connectivity index (χ3n) is 9.28. The summed E-state index contributed by atoms with van der Waals surface area (Å²) in [4.78, 5) is 42.4. The average molecular weight is 616 g/mol. The molecule has 2 fully saturated rings. The predicted octanol–water partition coefficient (Wildman–Crippen LogP) is 5.12. The summed E-state index contributed by atoms with van der Waals surface area (Å²) in [6.45, 7) is 7.25. The SMILES string of the molecule is Cc1cc2c(cc1OCCCCN1CCN(C(=O)c3nc(-c4ccc(C#N)cc4)n4ccccc34)CC1)N=C[C@@H]1CCCN1C2=O. The maximum Gasteiger partial charge on any atom is 0.274 e. The number of pyridine rings is 1. The molecule has 7 rings (SSSR count). The van der Waals surface area contributed by atoms with Crippen molar-refractivity contribution in [1.82, 2.24) is 24.1 Å². The van der Waals surface area contributed by atoms with Gasteiger partial charge in [-0.1, -0.05) is 6.07 Å². The Kier molecular flexibility index (Phi) is 8.24. The van der Waals surface area contributed by atoms with E-state index in [9.17, 15) is 9.59 Å². The lowest BCUT2D eigenvalue weighted by molar-refractivity contribution is 0.0630. The largest absolute Gasteiger partial charge is 0.493 e. The molecule has 0 saturated carbocycles. The molecule has 10 heteroatoms. The van der Waals surface area contributed by atoms with Gasteiger partial charge >= 0.3 is 0 Å². The van der Waals surface area contributed by atoms with Gasteiger partial charge in [0.2, 0.25) is 0 Å². The second kappa shape index (κ2) is 12.8. The first-order valence-electron chi connectivity index (χ1n) is 16.1. The van der Waals surface area contributed by atoms with Gasteiger partial charge in [0.15, 0.2) is 5.69 Å². The molecule has 2 aromatic heterocycles. The number of piperazine rings is 1. The number of imidazole rings is 1. The van der Waals surface area contributed by atoms with Gasteiger partial charge in [-0.3, -0.25) is 23.9 Å². The summed E-state index contributed by atoms with van der Waals surface area (Å²) in [7, 11) is 0. The van der Waals surface area contributed by atoms with Crippen LogP contribution in [-0.4, -0.2) is 94.0 Å². The molecule has 0 unspecified atom stereocenters. The van der Waals surface area contributed by atoms with Gasteiger partial charge in [-0.25, -0.2) is 4.98 Å². The van der Waals surface area contributed by atoms with Gasteiger partial charge in [-0.15, -0.1) is 0 Å². The molecule has 1 atom stereocenters. The van der Waals surface area contributed by atoms with E-state index in [2.05, 4.69) is 16.0 Å². The monoisotopic (exact) mass is 615 g/mol. The van der Waals surface area contributed by atoms with Crippen LogP contribution in [0, 0.1) is 18.3 Å². The Morgan fingerprint density at radius 3 is 2.67 bits per heavy atom. The number of carbonyl (C=O) groups is 2. The van der Waals surface area contributed by atoms with Crippen LogP contribution in [0.5, 0.6) is 5.75 Å². The summed E-state index contributed by atoms with van der Waals surface area (Å²) < 4.78 is 8.09. The summed E-state index contributed by atoms with van der Waals surface area (Å²) in [5.74, 6) is 1.48. The molecule has 10 nitrogen and oxygen atoms in total. The number of aryl methyl sites for hydroxylation is 1. The fraction of sp³-hybridized carbons (Fsp3) is 0.361. The molecule has 0 N–H and O–H groups in total. The molecule has 2 saturated heterocycles. The number of benzene rings is 2. The third kappa shape index (κ3) is 5.74. The first kappa shape index (κ1) is 29.7. The van der Waals surface area contributed by atoms with Crippen LogP contribution in [0.4, 0.5) is 5.69 Å². The Balaban J connectivity index is 0.907. The first-order valence-corrected chi connectivity index (χ1v) is 16.1. The maximum atomic E-state index is 13.6. The molecule has 0 spiro atoms. The summed E-state index contributed by atoms with van der Waals surface area (Å²) in [6.07, 6.45) is 7.73. The number of ether oxygens (including phenoxy) is 1. The Labute approximate surface area is 268 Å². The predicted molar refractivity (Wildman–Crippen MR) is 176 cm³/mol. The number of unbranched alkanes of at least 4 members (excludes halogenated alkanes) is 1. The summed E-state index contributed by atoms with van der Waals surface area (Å²) in [5.41, 5.74) is 4.98. The highest BCUT2D eigenvalue weighted by molar-refractivity contribution is 6.03. The lowest BCUT2D eigenvalue weighted by Gasteiger charge is -2.34. The van der Waals surface area contributed by atoms with Crippen LogP contribution >= 0.6 is 0 Å². The average Bonchev–Trinajstić information content (AvgIpc) is 3.70. The third-order valence-corrected chi connectivity index (χ3v) is 9.28. The maximum absolute atomic E-state index is 13.6. The quantitative estimate of drug-likeness (QED) is 0.255. The van der Waals surface area contributed by atoms with Crippen molar-refractivity contribution in [3.05, 3.63) is 83.2 Å². The van der Waals surface area contributed by atoms with E-state index in [1.165, 1.54) is 0 Å². The van der Waals surface area contributed by atoms with Gasteiger partial charge in [0.1, 0.15) is 11.6 Å². The molecule has 0 aliphatic carbocycles. The Morgan fingerprint density at radius 2 is 1.87 bits per heavy atom. The van der Waals surface area contributed by atoms with Crippen molar-refractivity contribution in [3.8, 4) is 23.2 Å². The van der Waals surface area contributed by atoms with Crippen LogP contribution in [0.1, 0.15) is 57.7 Å². The molecule has 234 valence electrons. The van der Waals surface area contributed by atoms with E-state index in [0.29, 0.717) is 48.0 Å². The Bertz CT molecular complexity index is 1850. The van der Waals surface area contributed by atoms with Crippen LogP contribution in [0.25, 0.3) is 16.9 Å². The molecule has 4 aromatic rings. The van der Waals surface area contributed by atoms with Gasteiger partial charge in [0.25, 0.3) is 11.8 Å². The fourth-order valence-electron chi connectivity index (χ4n) is 6.67. The lowest BCUT2D eigenvalue weighted by Crippen LogP contribution is -2.49. The van der Waals surface area contributed by atoms with Crippen molar-refractivity contribution in [1.29, 1.82) is 5.26 Å². The van der Waals surface area contributed by atoms with Gasteiger partial charge < -0.3 is 14.5 Å². The number of fused-ring (bicyclic) bond motifs is 3. The number of amides is 2. The number of nitrogens with zero attached hydrogens (tertiary/aromatic N) is 7. The Hall–Kier alpha value is -5.01.